The molecule has 0 aliphatic rings. The lowest BCUT2D eigenvalue weighted by Crippen LogP contribution is -2.33. The zero-order chi connectivity index (χ0) is 15.1. The number of rotatable bonds is 8. The molecule has 2 nitrogen and oxygen atoms in total. The van der Waals surface area contributed by atoms with E-state index in [0.717, 1.165) is 25.0 Å². The van der Waals surface area contributed by atoms with Gasteiger partial charge in [0, 0.05) is 29.4 Å². The molecule has 0 bridgehead atoms. The van der Waals surface area contributed by atoms with E-state index in [1.165, 1.54) is 15.7 Å². The van der Waals surface area contributed by atoms with Crippen LogP contribution in [0, 0.1) is 0 Å². The molecule has 114 valence electrons. The summed E-state index contributed by atoms with van der Waals surface area (Å²) < 4.78 is 1.17. The highest BCUT2D eigenvalue weighted by Crippen LogP contribution is 2.29. The van der Waals surface area contributed by atoms with Crippen LogP contribution in [0.4, 0.5) is 5.69 Å². The molecule has 0 saturated heterocycles. The zero-order valence-corrected chi connectivity index (χ0v) is 15.4. The molecule has 0 aliphatic carbocycles. The molecule has 2 unspecified atom stereocenters. The summed E-state index contributed by atoms with van der Waals surface area (Å²) in [6, 6.07) is 7.46. The van der Waals surface area contributed by atoms with E-state index in [1.807, 2.05) is 11.8 Å². The molecule has 0 amide bonds. The Morgan fingerprint density at radius 2 is 2.00 bits per heavy atom. The number of thioether (sulfide) groups is 1. The average molecular weight is 359 g/mol. The van der Waals surface area contributed by atoms with Gasteiger partial charge >= 0.3 is 0 Å². The van der Waals surface area contributed by atoms with Crippen molar-refractivity contribution in [1.29, 1.82) is 0 Å². The van der Waals surface area contributed by atoms with Crippen molar-refractivity contribution in [2.24, 2.45) is 5.73 Å². The SMILES string of the molecule is CCC(N)Cc1ccc(N(C)C(CC)CSC)c(Br)c1. The summed E-state index contributed by atoms with van der Waals surface area (Å²) in [5, 5.41) is 0. The van der Waals surface area contributed by atoms with Gasteiger partial charge in [0.1, 0.15) is 0 Å². The number of halogens is 1. The van der Waals surface area contributed by atoms with Crippen LogP contribution in [0.15, 0.2) is 22.7 Å². The van der Waals surface area contributed by atoms with E-state index < -0.39 is 0 Å². The summed E-state index contributed by atoms with van der Waals surface area (Å²) in [7, 11) is 2.18. The van der Waals surface area contributed by atoms with E-state index in [1.54, 1.807) is 0 Å². The van der Waals surface area contributed by atoms with Crippen LogP contribution in [0.1, 0.15) is 32.3 Å². The summed E-state index contributed by atoms with van der Waals surface area (Å²) in [5.41, 5.74) is 8.60. The quantitative estimate of drug-likeness (QED) is 0.750. The highest BCUT2D eigenvalue weighted by molar-refractivity contribution is 9.10. The van der Waals surface area contributed by atoms with Crippen molar-refractivity contribution in [3.05, 3.63) is 28.2 Å². The first-order valence-corrected chi connectivity index (χ1v) is 9.47. The van der Waals surface area contributed by atoms with Crippen molar-refractivity contribution in [2.45, 2.75) is 45.2 Å². The number of hydrogen-bond acceptors (Lipinski definition) is 3. The molecule has 0 fully saturated rings. The van der Waals surface area contributed by atoms with Crippen LogP contribution >= 0.6 is 27.7 Å². The number of nitrogens with two attached hydrogens (primary N) is 1. The molecule has 4 heteroatoms. The van der Waals surface area contributed by atoms with Crippen molar-refractivity contribution in [2.75, 3.05) is 24.0 Å². The Balaban J connectivity index is 2.86. The van der Waals surface area contributed by atoms with Gasteiger partial charge in [-0.1, -0.05) is 19.9 Å². The first-order chi connectivity index (χ1) is 9.53. The second-order valence-corrected chi connectivity index (χ2v) is 7.05. The topological polar surface area (TPSA) is 29.3 Å². The monoisotopic (exact) mass is 358 g/mol. The molecule has 0 saturated carbocycles. The lowest BCUT2D eigenvalue weighted by atomic mass is 10.0. The van der Waals surface area contributed by atoms with Crippen LogP contribution in [-0.2, 0) is 6.42 Å². The summed E-state index contributed by atoms with van der Waals surface area (Å²) in [5.74, 6) is 1.15. The van der Waals surface area contributed by atoms with Gasteiger partial charge in [0.15, 0.2) is 0 Å². The largest absolute Gasteiger partial charge is 0.370 e. The number of hydrogen-bond donors (Lipinski definition) is 1. The number of anilines is 1. The minimum Gasteiger partial charge on any atom is -0.370 e. The fraction of sp³-hybridized carbons (Fsp3) is 0.625. The van der Waals surface area contributed by atoms with Crippen molar-refractivity contribution in [3.8, 4) is 0 Å². The van der Waals surface area contributed by atoms with Crippen LogP contribution in [-0.4, -0.2) is 31.1 Å². The highest BCUT2D eigenvalue weighted by Gasteiger charge is 2.15. The highest BCUT2D eigenvalue weighted by atomic mass is 79.9. The second kappa shape index (κ2) is 8.96. The number of benzene rings is 1. The molecule has 0 radical (unpaired) electrons. The minimum absolute atomic E-state index is 0.255. The minimum atomic E-state index is 0.255. The van der Waals surface area contributed by atoms with E-state index in [9.17, 15) is 0 Å². The van der Waals surface area contributed by atoms with Crippen LogP contribution < -0.4 is 10.6 Å². The van der Waals surface area contributed by atoms with Crippen molar-refractivity contribution in [3.63, 3.8) is 0 Å². The fourth-order valence-corrected chi connectivity index (χ4v) is 3.85. The first-order valence-electron chi connectivity index (χ1n) is 7.29. The Morgan fingerprint density at radius 3 is 2.50 bits per heavy atom. The second-order valence-electron chi connectivity index (χ2n) is 5.29. The smallest absolute Gasteiger partial charge is 0.0511 e. The summed E-state index contributed by atoms with van der Waals surface area (Å²) >= 11 is 5.62. The van der Waals surface area contributed by atoms with Gasteiger partial charge in [-0.25, -0.2) is 0 Å². The maximum absolute atomic E-state index is 6.03. The summed E-state index contributed by atoms with van der Waals surface area (Å²) in [6.07, 6.45) is 5.29. The lowest BCUT2D eigenvalue weighted by Gasteiger charge is -2.30. The predicted octanol–water partition coefficient (Wildman–Crippen LogP) is 4.31. The number of nitrogens with zero attached hydrogens (tertiary/aromatic N) is 1. The maximum atomic E-state index is 6.03. The Morgan fingerprint density at radius 1 is 1.30 bits per heavy atom. The molecule has 1 aromatic rings. The molecule has 2 atom stereocenters. The van der Waals surface area contributed by atoms with Crippen LogP contribution in [0.2, 0.25) is 0 Å². The fourth-order valence-electron chi connectivity index (χ4n) is 2.30. The van der Waals surface area contributed by atoms with Gasteiger partial charge in [0.25, 0.3) is 0 Å². The third-order valence-electron chi connectivity index (χ3n) is 3.79. The third kappa shape index (κ3) is 4.97. The Labute approximate surface area is 136 Å². The maximum Gasteiger partial charge on any atom is 0.0511 e. The molecule has 0 heterocycles. The summed E-state index contributed by atoms with van der Waals surface area (Å²) in [6.45, 7) is 4.38. The van der Waals surface area contributed by atoms with Gasteiger partial charge in [-0.3, -0.25) is 0 Å². The molecule has 20 heavy (non-hydrogen) atoms. The van der Waals surface area contributed by atoms with Gasteiger partial charge in [-0.15, -0.1) is 0 Å². The van der Waals surface area contributed by atoms with Crippen molar-refractivity contribution in [1.82, 2.24) is 0 Å². The lowest BCUT2D eigenvalue weighted by molar-refractivity contribution is 0.645. The Bertz CT molecular complexity index is 411. The standard InChI is InChI=1S/C16H27BrN2S/c1-5-13(18)9-12-7-8-16(15(17)10-12)19(3)14(6-2)11-20-4/h7-8,10,13-14H,5-6,9,11,18H2,1-4H3. The first kappa shape index (κ1) is 17.9. The van der Waals surface area contributed by atoms with E-state index >= 15 is 0 Å². The van der Waals surface area contributed by atoms with E-state index in [-0.39, 0.29) is 6.04 Å². The Kier molecular flexibility index (Phi) is 8.00. The van der Waals surface area contributed by atoms with Crippen LogP contribution in [0.25, 0.3) is 0 Å². The molecule has 0 aromatic heterocycles. The molecule has 0 aliphatic heterocycles. The normalized spacial score (nSPS) is 14.1. The van der Waals surface area contributed by atoms with Gasteiger partial charge < -0.3 is 10.6 Å². The van der Waals surface area contributed by atoms with Gasteiger partial charge in [0.2, 0.25) is 0 Å². The third-order valence-corrected chi connectivity index (χ3v) is 5.15. The molecular weight excluding hydrogens is 332 g/mol. The predicted molar refractivity (Wildman–Crippen MR) is 97.0 cm³/mol. The van der Waals surface area contributed by atoms with E-state index in [4.69, 9.17) is 5.73 Å². The average Bonchev–Trinajstić information content (AvgIpc) is 2.44. The molecule has 2 N–H and O–H groups in total. The van der Waals surface area contributed by atoms with Gasteiger partial charge in [0.05, 0.1) is 5.69 Å². The van der Waals surface area contributed by atoms with Crippen molar-refractivity contribution < 1.29 is 0 Å². The van der Waals surface area contributed by atoms with Crippen LogP contribution in [0.3, 0.4) is 0 Å². The Hall–Kier alpha value is -0.190. The summed E-state index contributed by atoms with van der Waals surface area (Å²) in [4.78, 5) is 2.38. The molecule has 0 spiro atoms. The van der Waals surface area contributed by atoms with Crippen LogP contribution in [0.5, 0.6) is 0 Å². The van der Waals surface area contributed by atoms with E-state index in [0.29, 0.717) is 6.04 Å². The van der Waals surface area contributed by atoms with Gasteiger partial charge in [-0.2, -0.15) is 11.8 Å². The van der Waals surface area contributed by atoms with Crippen molar-refractivity contribution >= 4 is 33.4 Å². The molecule has 1 rings (SSSR count). The molecule has 1 aromatic carbocycles. The van der Waals surface area contributed by atoms with E-state index in [2.05, 4.69) is 66.2 Å². The molecular formula is C16H27BrN2S. The van der Waals surface area contributed by atoms with Gasteiger partial charge in [-0.05, 0) is 59.1 Å². The zero-order valence-electron chi connectivity index (χ0n) is 13.0.